The molecule has 0 radical (unpaired) electrons. The van der Waals surface area contributed by atoms with Crippen molar-refractivity contribution in [1.82, 2.24) is 10.6 Å². The maximum Gasteiger partial charge on any atom is 0.220 e. The molecule has 5 heteroatoms. The van der Waals surface area contributed by atoms with E-state index >= 15 is 0 Å². The number of amides is 1. The van der Waals surface area contributed by atoms with E-state index in [1.807, 2.05) is 24.3 Å². The monoisotopic (exact) mass is 336 g/mol. The van der Waals surface area contributed by atoms with Crippen LogP contribution in [0.4, 0.5) is 0 Å². The molecule has 0 saturated carbocycles. The quantitative estimate of drug-likeness (QED) is 0.610. The van der Waals surface area contributed by atoms with Crippen molar-refractivity contribution in [1.29, 1.82) is 0 Å². The second-order valence-electron chi connectivity index (χ2n) is 7.04. The van der Waals surface area contributed by atoms with E-state index in [4.69, 9.17) is 9.47 Å². The van der Waals surface area contributed by atoms with E-state index in [9.17, 15) is 4.79 Å². The normalized spacial score (nSPS) is 11.2. The van der Waals surface area contributed by atoms with Crippen LogP contribution < -0.4 is 20.1 Å². The molecule has 136 valence electrons. The van der Waals surface area contributed by atoms with Gasteiger partial charge >= 0.3 is 0 Å². The third kappa shape index (κ3) is 9.40. The summed E-state index contributed by atoms with van der Waals surface area (Å²) >= 11 is 0. The number of unbranched alkanes of at least 4 members (excludes halogenated alkanes) is 1. The maximum absolute atomic E-state index is 11.7. The smallest absolute Gasteiger partial charge is 0.220 e. The Bertz CT molecular complexity index is 484. The fourth-order valence-electron chi connectivity index (χ4n) is 2.08. The summed E-state index contributed by atoms with van der Waals surface area (Å²) in [5.41, 5.74) is 0.138. The summed E-state index contributed by atoms with van der Waals surface area (Å²) in [6, 6.07) is 7.63. The third-order valence-corrected chi connectivity index (χ3v) is 3.43. The Morgan fingerprint density at radius 3 is 2.46 bits per heavy atom. The van der Waals surface area contributed by atoms with Crippen molar-refractivity contribution in [3.63, 3.8) is 0 Å². The first-order valence-corrected chi connectivity index (χ1v) is 8.65. The molecule has 0 unspecified atom stereocenters. The molecule has 0 aliphatic heterocycles. The molecule has 0 atom stereocenters. The van der Waals surface area contributed by atoms with Crippen LogP contribution in [0.3, 0.4) is 0 Å². The fourth-order valence-corrected chi connectivity index (χ4v) is 2.08. The number of methoxy groups -OCH3 is 1. The second kappa shape index (κ2) is 10.9. The van der Waals surface area contributed by atoms with Gasteiger partial charge in [0.2, 0.25) is 5.91 Å². The fraction of sp³-hybridized carbons (Fsp3) is 0.632. The highest BCUT2D eigenvalue weighted by molar-refractivity contribution is 5.75. The molecule has 2 N–H and O–H groups in total. The van der Waals surface area contributed by atoms with Crippen LogP contribution >= 0.6 is 0 Å². The van der Waals surface area contributed by atoms with Crippen molar-refractivity contribution in [3.05, 3.63) is 24.3 Å². The van der Waals surface area contributed by atoms with Gasteiger partial charge in [0.25, 0.3) is 0 Å². The molecule has 5 nitrogen and oxygen atoms in total. The van der Waals surface area contributed by atoms with E-state index in [-0.39, 0.29) is 11.3 Å². The number of hydrogen-bond donors (Lipinski definition) is 2. The lowest BCUT2D eigenvalue weighted by Crippen LogP contribution is -2.32. The van der Waals surface area contributed by atoms with Gasteiger partial charge in [-0.2, -0.15) is 0 Å². The van der Waals surface area contributed by atoms with E-state index in [0.29, 0.717) is 13.0 Å². The van der Waals surface area contributed by atoms with Gasteiger partial charge in [-0.1, -0.05) is 32.9 Å². The number of para-hydroxylation sites is 2. The van der Waals surface area contributed by atoms with Crippen molar-refractivity contribution in [2.45, 2.75) is 40.0 Å². The van der Waals surface area contributed by atoms with Crippen LogP contribution in [0.25, 0.3) is 0 Å². The minimum absolute atomic E-state index is 0.138. The lowest BCUT2D eigenvalue weighted by Gasteiger charge is -2.18. The van der Waals surface area contributed by atoms with Gasteiger partial charge in [-0.25, -0.2) is 0 Å². The lowest BCUT2D eigenvalue weighted by molar-refractivity contribution is -0.121. The zero-order valence-electron chi connectivity index (χ0n) is 15.5. The first-order valence-electron chi connectivity index (χ1n) is 8.65. The highest BCUT2D eigenvalue weighted by Gasteiger charge is 2.11. The summed E-state index contributed by atoms with van der Waals surface area (Å²) in [5, 5.41) is 6.30. The Kier molecular flexibility index (Phi) is 9.23. The van der Waals surface area contributed by atoms with Gasteiger partial charge in [-0.05, 0) is 36.9 Å². The van der Waals surface area contributed by atoms with Crippen LogP contribution in [-0.2, 0) is 4.79 Å². The molecular weight excluding hydrogens is 304 g/mol. The molecule has 0 bridgehead atoms. The van der Waals surface area contributed by atoms with Gasteiger partial charge in [0.15, 0.2) is 11.5 Å². The number of benzene rings is 1. The van der Waals surface area contributed by atoms with E-state index in [0.717, 1.165) is 44.0 Å². The summed E-state index contributed by atoms with van der Waals surface area (Å²) in [6.45, 7) is 9.33. The zero-order chi connectivity index (χ0) is 17.8. The van der Waals surface area contributed by atoms with E-state index in [1.54, 1.807) is 7.11 Å². The van der Waals surface area contributed by atoms with Crippen LogP contribution in [0.1, 0.15) is 40.0 Å². The lowest BCUT2D eigenvalue weighted by atomic mass is 9.97. The number of carbonyl (C=O) groups excluding carboxylic acids is 1. The highest BCUT2D eigenvalue weighted by Crippen LogP contribution is 2.25. The van der Waals surface area contributed by atoms with Gasteiger partial charge in [0.1, 0.15) is 6.61 Å². The average molecular weight is 336 g/mol. The number of rotatable bonds is 11. The molecule has 0 aliphatic carbocycles. The summed E-state index contributed by atoms with van der Waals surface area (Å²) in [6.07, 6.45) is 2.48. The standard InChI is InChI=1S/C19H32N2O3/c1-19(2,3)15-21-18(22)11-7-8-12-20-13-14-24-17-10-6-5-9-16(17)23-4/h5-6,9-10,20H,7-8,11-15H2,1-4H3,(H,21,22). The Labute approximate surface area is 146 Å². The van der Waals surface area contributed by atoms with Crippen molar-refractivity contribution in [2.24, 2.45) is 5.41 Å². The summed E-state index contributed by atoms with van der Waals surface area (Å²) < 4.78 is 10.9. The molecule has 0 spiro atoms. The number of carbonyl (C=O) groups is 1. The van der Waals surface area contributed by atoms with Gasteiger partial charge in [-0.3, -0.25) is 4.79 Å². The van der Waals surface area contributed by atoms with Crippen LogP contribution in [-0.4, -0.2) is 39.3 Å². The van der Waals surface area contributed by atoms with E-state index in [2.05, 4.69) is 31.4 Å². The first-order chi connectivity index (χ1) is 11.4. The minimum Gasteiger partial charge on any atom is -0.493 e. The minimum atomic E-state index is 0.138. The molecule has 0 heterocycles. The Hall–Kier alpha value is -1.75. The molecule has 0 aromatic heterocycles. The van der Waals surface area contributed by atoms with E-state index in [1.165, 1.54) is 0 Å². The molecule has 1 aromatic carbocycles. The molecule has 24 heavy (non-hydrogen) atoms. The summed E-state index contributed by atoms with van der Waals surface area (Å²) in [4.78, 5) is 11.7. The topological polar surface area (TPSA) is 59.6 Å². The van der Waals surface area contributed by atoms with Gasteiger partial charge in [-0.15, -0.1) is 0 Å². The van der Waals surface area contributed by atoms with Gasteiger partial charge in [0, 0.05) is 19.5 Å². The third-order valence-electron chi connectivity index (χ3n) is 3.43. The molecule has 1 rings (SSSR count). The van der Waals surface area contributed by atoms with E-state index < -0.39 is 0 Å². The van der Waals surface area contributed by atoms with Crippen molar-refractivity contribution >= 4 is 5.91 Å². The Morgan fingerprint density at radius 1 is 1.08 bits per heavy atom. The molecule has 0 saturated heterocycles. The van der Waals surface area contributed by atoms with Crippen LogP contribution in [0.5, 0.6) is 11.5 Å². The molecule has 0 fully saturated rings. The number of hydrogen-bond acceptors (Lipinski definition) is 4. The Morgan fingerprint density at radius 2 is 1.79 bits per heavy atom. The second-order valence-corrected chi connectivity index (χ2v) is 7.04. The van der Waals surface area contributed by atoms with Crippen molar-refractivity contribution < 1.29 is 14.3 Å². The number of ether oxygens (including phenoxy) is 2. The molecular formula is C19H32N2O3. The first kappa shape index (κ1) is 20.3. The largest absolute Gasteiger partial charge is 0.493 e. The van der Waals surface area contributed by atoms with Crippen LogP contribution in [0.2, 0.25) is 0 Å². The van der Waals surface area contributed by atoms with Crippen LogP contribution in [0, 0.1) is 5.41 Å². The summed E-state index contributed by atoms with van der Waals surface area (Å²) in [7, 11) is 1.64. The predicted octanol–water partition coefficient (Wildman–Crippen LogP) is 3.00. The average Bonchev–Trinajstić information content (AvgIpc) is 2.55. The predicted molar refractivity (Wildman–Crippen MR) is 97.7 cm³/mol. The molecule has 1 aromatic rings. The SMILES string of the molecule is COc1ccccc1OCCNCCCCC(=O)NCC(C)(C)C. The van der Waals surface area contributed by atoms with Crippen LogP contribution in [0.15, 0.2) is 24.3 Å². The van der Waals surface area contributed by atoms with Crippen molar-refractivity contribution in [2.75, 3.05) is 33.4 Å². The van der Waals surface area contributed by atoms with Crippen molar-refractivity contribution in [3.8, 4) is 11.5 Å². The van der Waals surface area contributed by atoms with Gasteiger partial charge in [0.05, 0.1) is 7.11 Å². The number of nitrogens with one attached hydrogen (secondary N) is 2. The Balaban J connectivity index is 2.00. The highest BCUT2D eigenvalue weighted by atomic mass is 16.5. The summed E-state index contributed by atoms with van der Waals surface area (Å²) in [5.74, 6) is 1.65. The maximum atomic E-state index is 11.7. The van der Waals surface area contributed by atoms with Gasteiger partial charge < -0.3 is 20.1 Å². The molecule has 0 aliphatic rings. The molecule has 1 amide bonds. The zero-order valence-corrected chi connectivity index (χ0v) is 15.5.